The van der Waals surface area contributed by atoms with Crippen molar-refractivity contribution in [1.29, 1.82) is 0 Å². The minimum absolute atomic E-state index is 0.00521. The van der Waals surface area contributed by atoms with Gasteiger partial charge in [0.1, 0.15) is 10.7 Å². The normalized spacial score (nSPS) is 11.3. The Kier molecular flexibility index (Phi) is 3.87. The van der Waals surface area contributed by atoms with Crippen molar-refractivity contribution in [2.45, 2.75) is 11.8 Å². The lowest BCUT2D eigenvalue weighted by atomic mass is 10.2. The lowest BCUT2D eigenvalue weighted by molar-refractivity contribution is 0.601. The number of rotatable bonds is 3. The molecule has 0 bridgehead atoms. The molecule has 0 amide bonds. The Morgan fingerprint density at radius 2 is 1.95 bits per heavy atom. The van der Waals surface area contributed by atoms with Crippen LogP contribution >= 0.6 is 11.6 Å². The van der Waals surface area contributed by atoms with Gasteiger partial charge in [-0.3, -0.25) is 4.72 Å². The van der Waals surface area contributed by atoms with Gasteiger partial charge in [0, 0.05) is 0 Å². The molecule has 3 N–H and O–H groups in total. The second-order valence-electron chi connectivity index (χ2n) is 4.28. The summed E-state index contributed by atoms with van der Waals surface area (Å²) in [5.74, 6) is -0.533. The van der Waals surface area contributed by atoms with Gasteiger partial charge in [-0.2, -0.15) is 0 Å². The molecule has 0 saturated carbocycles. The van der Waals surface area contributed by atoms with E-state index in [9.17, 15) is 12.8 Å². The third kappa shape index (κ3) is 3.02. The topological polar surface area (TPSA) is 72.2 Å². The Hall–Kier alpha value is -1.79. The number of aryl methyl sites for hydroxylation is 1. The molecule has 4 nitrogen and oxygen atoms in total. The number of anilines is 2. The fourth-order valence-electron chi connectivity index (χ4n) is 1.81. The van der Waals surface area contributed by atoms with Gasteiger partial charge < -0.3 is 5.73 Å². The van der Waals surface area contributed by atoms with E-state index in [-0.39, 0.29) is 21.3 Å². The average molecular weight is 315 g/mol. The molecule has 0 unspecified atom stereocenters. The summed E-state index contributed by atoms with van der Waals surface area (Å²) in [7, 11) is -3.98. The van der Waals surface area contributed by atoms with Crippen molar-refractivity contribution in [3.63, 3.8) is 0 Å². The van der Waals surface area contributed by atoms with E-state index in [4.69, 9.17) is 17.3 Å². The van der Waals surface area contributed by atoms with Crippen LogP contribution in [0.15, 0.2) is 41.3 Å². The van der Waals surface area contributed by atoms with Crippen molar-refractivity contribution in [3.05, 3.63) is 52.8 Å². The number of sulfonamides is 1. The minimum Gasteiger partial charge on any atom is -0.398 e. The third-order valence-electron chi connectivity index (χ3n) is 2.56. The number of benzene rings is 2. The molecule has 2 aromatic carbocycles. The SMILES string of the molecule is Cc1cc(F)cc(NS(=O)(=O)c2c(N)cccc2Cl)c1. The summed E-state index contributed by atoms with van der Waals surface area (Å²) in [5, 5.41) is 0.00521. The second-order valence-corrected chi connectivity index (χ2v) is 6.31. The summed E-state index contributed by atoms with van der Waals surface area (Å²) in [6.45, 7) is 1.66. The maximum Gasteiger partial charge on any atom is 0.265 e. The van der Waals surface area contributed by atoms with E-state index in [0.29, 0.717) is 5.56 Å². The van der Waals surface area contributed by atoms with E-state index in [2.05, 4.69) is 4.72 Å². The molecule has 0 heterocycles. The van der Waals surface area contributed by atoms with Gasteiger partial charge in [0.2, 0.25) is 0 Å². The predicted octanol–water partition coefficient (Wildman–Crippen LogP) is 3.17. The number of nitrogens with two attached hydrogens (primary N) is 1. The molecule has 20 heavy (non-hydrogen) atoms. The maximum absolute atomic E-state index is 13.3. The van der Waals surface area contributed by atoms with E-state index < -0.39 is 15.8 Å². The number of nitrogens with one attached hydrogen (secondary N) is 1. The first-order valence-corrected chi connectivity index (χ1v) is 7.50. The molecule has 7 heteroatoms. The van der Waals surface area contributed by atoms with Crippen LogP contribution in [-0.4, -0.2) is 8.42 Å². The summed E-state index contributed by atoms with van der Waals surface area (Å²) >= 11 is 5.87. The molecule has 0 aromatic heterocycles. The Morgan fingerprint density at radius 1 is 1.25 bits per heavy atom. The Bertz CT molecular complexity index is 722. The highest BCUT2D eigenvalue weighted by molar-refractivity contribution is 7.93. The van der Waals surface area contributed by atoms with Crippen LogP contribution in [0.2, 0.25) is 5.02 Å². The first-order valence-electron chi connectivity index (χ1n) is 5.63. The highest BCUT2D eigenvalue weighted by atomic mass is 35.5. The average Bonchev–Trinajstić information content (AvgIpc) is 2.25. The summed E-state index contributed by atoms with van der Waals surface area (Å²) in [6, 6.07) is 8.27. The molecule has 0 fully saturated rings. The molecular formula is C13H12ClFN2O2S. The van der Waals surface area contributed by atoms with E-state index in [0.717, 1.165) is 6.07 Å². The molecule has 0 aliphatic rings. The fraction of sp³-hybridized carbons (Fsp3) is 0.0769. The van der Waals surface area contributed by atoms with Crippen LogP contribution in [0.1, 0.15) is 5.56 Å². The second kappa shape index (κ2) is 5.30. The fourth-order valence-corrected chi connectivity index (χ4v) is 3.53. The van der Waals surface area contributed by atoms with E-state index >= 15 is 0 Å². The maximum atomic E-state index is 13.3. The summed E-state index contributed by atoms with van der Waals surface area (Å²) in [4.78, 5) is -0.219. The zero-order chi connectivity index (χ0) is 14.9. The van der Waals surface area contributed by atoms with Gasteiger partial charge in [0.25, 0.3) is 10.0 Å². The van der Waals surface area contributed by atoms with Gasteiger partial charge in [-0.15, -0.1) is 0 Å². The van der Waals surface area contributed by atoms with Crippen LogP contribution in [0, 0.1) is 12.7 Å². The van der Waals surface area contributed by atoms with Crippen molar-refractivity contribution in [3.8, 4) is 0 Å². The Morgan fingerprint density at radius 3 is 2.55 bits per heavy atom. The smallest absolute Gasteiger partial charge is 0.265 e. The molecule has 106 valence electrons. The molecule has 0 saturated heterocycles. The van der Waals surface area contributed by atoms with Gasteiger partial charge >= 0.3 is 0 Å². The van der Waals surface area contributed by atoms with Gasteiger partial charge in [-0.25, -0.2) is 12.8 Å². The highest BCUT2D eigenvalue weighted by Gasteiger charge is 2.21. The van der Waals surface area contributed by atoms with Crippen molar-refractivity contribution in [2.24, 2.45) is 0 Å². The molecule has 0 aliphatic heterocycles. The number of hydrogen-bond donors (Lipinski definition) is 2. The molecule has 0 aliphatic carbocycles. The zero-order valence-corrected chi connectivity index (χ0v) is 12.1. The highest BCUT2D eigenvalue weighted by Crippen LogP contribution is 2.29. The van der Waals surface area contributed by atoms with Crippen LogP contribution in [0.3, 0.4) is 0 Å². The molecule has 0 radical (unpaired) electrons. The zero-order valence-electron chi connectivity index (χ0n) is 10.5. The van der Waals surface area contributed by atoms with Gasteiger partial charge in [0.15, 0.2) is 0 Å². The van der Waals surface area contributed by atoms with Crippen molar-refractivity contribution in [2.75, 3.05) is 10.5 Å². The molecular weight excluding hydrogens is 303 g/mol. The van der Waals surface area contributed by atoms with Gasteiger partial charge in [-0.05, 0) is 42.8 Å². The van der Waals surface area contributed by atoms with Crippen LogP contribution < -0.4 is 10.5 Å². The van der Waals surface area contributed by atoms with E-state index in [1.807, 2.05) is 0 Å². The Labute approximate surface area is 121 Å². The first-order chi connectivity index (χ1) is 9.29. The van der Waals surface area contributed by atoms with Crippen molar-refractivity contribution in [1.82, 2.24) is 0 Å². The number of hydrogen-bond acceptors (Lipinski definition) is 3. The summed E-state index contributed by atoms with van der Waals surface area (Å²) in [6.07, 6.45) is 0. The summed E-state index contributed by atoms with van der Waals surface area (Å²) < 4.78 is 40.1. The predicted molar refractivity (Wildman–Crippen MR) is 77.8 cm³/mol. The van der Waals surface area contributed by atoms with Crippen LogP contribution in [0.4, 0.5) is 15.8 Å². The molecule has 2 rings (SSSR count). The Balaban J connectivity index is 2.46. The molecule has 0 atom stereocenters. The van der Waals surface area contributed by atoms with Gasteiger partial charge in [0.05, 0.1) is 16.4 Å². The third-order valence-corrected chi connectivity index (χ3v) is 4.49. The lowest BCUT2D eigenvalue weighted by Crippen LogP contribution is -2.15. The monoisotopic (exact) mass is 314 g/mol. The van der Waals surface area contributed by atoms with Gasteiger partial charge in [-0.1, -0.05) is 17.7 Å². The van der Waals surface area contributed by atoms with E-state index in [1.165, 1.54) is 24.3 Å². The number of halogens is 2. The quantitative estimate of drug-likeness (QED) is 0.855. The summed E-state index contributed by atoms with van der Waals surface area (Å²) in [5.41, 5.74) is 6.37. The first kappa shape index (κ1) is 14.6. The van der Waals surface area contributed by atoms with Crippen LogP contribution in [-0.2, 0) is 10.0 Å². The minimum atomic E-state index is -3.98. The van der Waals surface area contributed by atoms with Crippen molar-refractivity contribution < 1.29 is 12.8 Å². The molecule has 0 spiro atoms. The standard InChI is InChI=1S/C13H12ClFN2O2S/c1-8-5-9(15)7-10(6-8)17-20(18,19)13-11(14)3-2-4-12(13)16/h2-7,17H,16H2,1H3. The number of nitrogen functional groups attached to an aromatic ring is 1. The molecule has 2 aromatic rings. The lowest BCUT2D eigenvalue weighted by Gasteiger charge is -2.12. The van der Waals surface area contributed by atoms with E-state index in [1.54, 1.807) is 13.0 Å². The van der Waals surface area contributed by atoms with Crippen LogP contribution in [0.25, 0.3) is 0 Å². The van der Waals surface area contributed by atoms with Crippen molar-refractivity contribution >= 4 is 33.0 Å². The van der Waals surface area contributed by atoms with Crippen LogP contribution in [0.5, 0.6) is 0 Å². The largest absolute Gasteiger partial charge is 0.398 e.